The number of rotatable bonds is 2. The largest absolute Gasteiger partial charge is 0.397 e. The van der Waals surface area contributed by atoms with E-state index in [-0.39, 0.29) is 16.3 Å². The normalized spacial score (nSPS) is 11.7. The van der Waals surface area contributed by atoms with E-state index in [0.29, 0.717) is 0 Å². The Balaban J connectivity index is 2.56. The van der Waals surface area contributed by atoms with Crippen molar-refractivity contribution in [3.63, 3.8) is 0 Å². The van der Waals surface area contributed by atoms with Crippen molar-refractivity contribution < 1.29 is 17.2 Å². The molecular formula is C10H9F2N3O2S. The molecule has 0 radical (unpaired) electrons. The maximum atomic E-state index is 13.1. The summed E-state index contributed by atoms with van der Waals surface area (Å²) in [6.45, 7) is 0. The van der Waals surface area contributed by atoms with Gasteiger partial charge in [0.05, 0.1) is 17.6 Å². The van der Waals surface area contributed by atoms with Gasteiger partial charge in [-0.05, 0) is 0 Å². The lowest BCUT2D eigenvalue weighted by molar-refractivity contribution is 0.508. The lowest BCUT2D eigenvalue weighted by Crippen LogP contribution is -2.02. The van der Waals surface area contributed by atoms with E-state index in [1.807, 2.05) is 0 Å². The fraction of sp³-hybridized carbons (Fsp3) is 0.100. The van der Waals surface area contributed by atoms with E-state index in [2.05, 4.69) is 5.10 Å². The van der Waals surface area contributed by atoms with Gasteiger partial charge in [-0.3, -0.25) is 0 Å². The van der Waals surface area contributed by atoms with Crippen LogP contribution in [0.15, 0.2) is 29.4 Å². The van der Waals surface area contributed by atoms with Crippen molar-refractivity contribution >= 4 is 15.5 Å². The highest BCUT2D eigenvalue weighted by atomic mass is 32.2. The number of aromatic nitrogens is 2. The Morgan fingerprint density at radius 3 is 2.44 bits per heavy atom. The second kappa shape index (κ2) is 4.05. The molecular weight excluding hydrogens is 264 g/mol. The first-order valence-electron chi connectivity index (χ1n) is 4.78. The summed E-state index contributed by atoms with van der Waals surface area (Å²) in [5.74, 6) is -2.16. The van der Waals surface area contributed by atoms with E-state index >= 15 is 0 Å². The standard InChI is InChI=1S/C10H9F2N3O2S/c1-18(16,17)6-4-14-15(5-6)10-3-8(12)7(11)2-9(10)13/h2-5H,13H2,1H3. The second-order valence-electron chi connectivity index (χ2n) is 3.72. The Morgan fingerprint density at radius 1 is 1.28 bits per heavy atom. The summed E-state index contributed by atoms with van der Waals surface area (Å²) in [7, 11) is -3.41. The minimum absolute atomic E-state index is 0.0355. The van der Waals surface area contributed by atoms with Gasteiger partial charge in [0, 0.05) is 24.6 Å². The third kappa shape index (κ3) is 2.19. The highest BCUT2D eigenvalue weighted by molar-refractivity contribution is 7.90. The van der Waals surface area contributed by atoms with Crippen molar-refractivity contribution in [2.24, 2.45) is 0 Å². The van der Waals surface area contributed by atoms with Crippen LogP contribution in [0.3, 0.4) is 0 Å². The molecule has 0 saturated carbocycles. The van der Waals surface area contributed by atoms with Crippen LogP contribution in [0.5, 0.6) is 0 Å². The van der Waals surface area contributed by atoms with E-state index in [4.69, 9.17) is 5.73 Å². The Hall–Kier alpha value is -1.96. The SMILES string of the molecule is CS(=O)(=O)c1cnn(-c2cc(F)c(F)cc2N)c1. The maximum absolute atomic E-state index is 13.1. The first kappa shape index (κ1) is 12.5. The summed E-state index contributed by atoms with van der Waals surface area (Å²) in [4.78, 5) is -0.0355. The van der Waals surface area contributed by atoms with Crippen molar-refractivity contribution in [1.29, 1.82) is 0 Å². The van der Waals surface area contributed by atoms with E-state index in [0.717, 1.165) is 29.3 Å². The predicted octanol–water partition coefficient (Wildman–Crippen LogP) is 1.14. The molecule has 8 heteroatoms. The molecule has 96 valence electrons. The minimum Gasteiger partial charge on any atom is -0.397 e. The number of anilines is 1. The fourth-order valence-corrected chi connectivity index (χ4v) is 1.91. The maximum Gasteiger partial charge on any atom is 0.178 e. The Kier molecular flexibility index (Phi) is 2.81. The first-order valence-corrected chi connectivity index (χ1v) is 6.68. The van der Waals surface area contributed by atoms with E-state index in [9.17, 15) is 17.2 Å². The number of nitrogens with two attached hydrogens (primary N) is 1. The van der Waals surface area contributed by atoms with Gasteiger partial charge in [-0.25, -0.2) is 21.9 Å². The zero-order valence-corrected chi connectivity index (χ0v) is 10.1. The van der Waals surface area contributed by atoms with Crippen molar-refractivity contribution in [1.82, 2.24) is 9.78 Å². The number of nitrogen functional groups attached to an aromatic ring is 1. The number of halogens is 2. The van der Waals surface area contributed by atoms with E-state index in [1.54, 1.807) is 0 Å². The van der Waals surface area contributed by atoms with Crippen molar-refractivity contribution in [3.05, 3.63) is 36.2 Å². The van der Waals surface area contributed by atoms with Gasteiger partial charge >= 0.3 is 0 Å². The summed E-state index contributed by atoms with van der Waals surface area (Å²) in [5.41, 5.74) is 5.55. The van der Waals surface area contributed by atoms with E-state index < -0.39 is 21.5 Å². The zero-order valence-electron chi connectivity index (χ0n) is 9.26. The smallest absolute Gasteiger partial charge is 0.178 e. The highest BCUT2D eigenvalue weighted by Gasteiger charge is 2.14. The van der Waals surface area contributed by atoms with Crippen LogP contribution in [0.2, 0.25) is 0 Å². The molecule has 0 saturated heterocycles. The average Bonchev–Trinajstić information content (AvgIpc) is 2.72. The van der Waals surface area contributed by atoms with Gasteiger partial charge in [-0.2, -0.15) is 5.10 Å². The molecule has 2 N–H and O–H groups in total. The predicted molar refractivity (Wildman–Crippen MR) is 61.0 cm³/mol. The van der Waals surface area contributed by atoms with Gasteiger partial charge in [-0.15, -0.1) is 0 Å². The van der Waals surface area contributed by atoms with Crippen LogP contribution >= 0.6 is 0 Å². The molecule has 1 aromatic carbocycles. The van der Waals surface area contributed by atoms with Crippen LogP contribution in [0.4, 0.5) is 14.5 Å². The molecule has 0 aliphatic carbocycles. The molecule has 2 aromatic rings. The molecule has 1 aromatic heterocycles. The second-order valence-corrected chi connectivity index (χ2v) is 5.73. The van der Waals surface area contributed by atoms with Crippen LogP contribution in [-0.2, 0) is 9.84 Å². The molecule has 0 aliphatic rings. The summed E-state index contributed by atoms with van der Waals surface area (Å²) < 4.78 is 49.6. The molecule has 0 unspecified atom stereocenters. The third-order valence-corrected chi connectivity index (χ3v) is 3.37. The lowest BCUT2D eigenvalue weighted by Gasteiger charge is -2.06. The van der Waals surface area contributed by atoms with Crippen LogP contribution in [0, 0.1) is 11.6 Å². The molecule has 0 spiro atoms. The van der Waals surface area contributed by atoms with Gasteiger partial charge in [0.2, 0.25) is 0 Å². The Bertz CT molecular complexity index is 710. The first-order chi connectivity index (χ1) is 8.29. The fourth-order valence-electron chi connectivity index (χ4n) is 1.38. The number of hydrogen-bond acceptors (Lipinski definition) is 4. The molecule has 1 heterocycles. The van der Waals surface area contributed by atoms with E-state index in [1.165, 1.54) is 6.20 Å². The van der Waals surface area contributed by atoms with Gasteiger partial charge < -0.3 is 5.73 Å². The lowest BCUT2D eigenvalue weighted by atomic mass is 10.2. The van der Waals surface area contributed by atoms with Gasteiger partial charge in [0.25, 0.3) is 0 Å². The monoisotopic (exact) mass is 273 g/mol. The molecule has 0 bridgehead atoms. The van der Waals surface area contributed by atoms with Crippen LogP contribution in [0.1, 0.15) is 0 Å². The minimum atomic E-state index is -3.41. The summed E-state index contributed by atoms with van der Waals surface area (Å²) in [6.07, 6.45) is 3.30. The zero-order chi connectivity index (χ0) is 13.5. The number of sulfone groups is 1. The van der Waals surface area contributed by atoms with Crippen LogP contribution in [0.25, 0.3) is 5.69 Å². The summed E-state index contributed by atoms with van der Waals surface area (Å²) >= 11 is 0. The van der Waals surface area contributed by atoms with Gasteiger partial charge in [-0.1, -0.05) is 0 Å². The Labute approximate surface area is 102 Å². The number of benzene rings is 1. The molecule has 2 rings (SSSR count). The summed E-state index contributed by atoms with van der Waals surface area (Å²) in [5, 5.41) is 3.75. The average molecular weight is 273 g/mol. The molecule has 5 nitrogen and oxygen atoms in total. The van der Waals surface area contributed by atoms with Crippen LogP contribution < -0.4 is 5.73 Å². The van der Waals surface area contributed by atoms with Crippen LogP contribution in [-0.4, -0.2) is 24.5 Å². The quantitative estimate of drug-likeness (QED) is 0.832. The van der Waals surface area contributed by atoms with Crippen molar-refractivity contribution in [3.8, 4) is 5.69 Å². The number of hydrogen-bond donors (Lipinski definition) is 1. The van der Waals surface area contributed by atoms with Gasteiger partial charge in [0.15, 0.2) is 21.5 Å². The van der Waals surface area contributed by atoms with Crippen molar-refractivity contribution in [2.75, 3.05) is 12.0 Å². The third-order valence-electron chi connectivity index (χ3n) is 2.30. The molecule has 0 amide bonds. The number of nitrogens with zero attached hydrogens (tertiary/aromatic N) is 2. The molecule has 0 atom stereocenters. The van der Waals surface area contributed by atoms with Gasteiger partial charge in [0.1, 0.15) is 4.90 Å². The summed E-state index contributed by atoms with van der Waals surface area (Å²) in [6, 6.07) is 1.66. The Morgan fingerprint density at radius 2 is 1.89 bits per heavy atom. The molecule has 0 aliphatic heterocycles. The van der Waals surface area contributed by atoms with Crippen molar-refractivity contribution in [2.45, 2.75) is 4.90 Å². The highest BCUT2D eigenvalue weighted by Crippen LogP contribution is 2.21. The molecule has 18 heavy (non-hydrogen) atoms. The topological polar surface area (TPSA) is 78.0 Å². The molecule has 0 fully saturated rings.